The zero-order valence-corrected chi connectivity index (χ0v) is 14.6. The second kappa shape index (κ2) is 7.00. The Morgan fingerprint density at radius 1 is 0.708 bits per heavy atom. The van der Waals surface area contributed by atoms with E-state index in [0.717, 1.165) is 29.5 Å². The molecule has 0 saturated heterocycles. The van der Waals surface area contributed by atoms with Crippen molar-refractivity contribution in [1.82, 2.24) is 0 Å². The minimum absolute atomic E-state index is 0.172. The molecule has 0 aliphatic carbocycles. The van der Waals surface area contributed by atoms with Crippen LogP contribution >= 0.6 is 0 Å². The van der Waals surface area contributed by atoms with Crippen molar-refractivity contribution in [3.05, 3.63) is 83.2 Å². The largest absolute Gasteiger partial charge is 0.206 e. The van der Waals surface area contributed by atoms with Gasteiger partial charge in [0.1, 0.15) is 5.82 Å². The van der Waals surface area contributed by atoms with E-state index in [-0.39, 0.29) is 5.82 Å². The number of rotatable bonds is 4. The maximum atomic E-state index is 14.6. The van der Waals surface area contributed by atoms with E-state index in [2.05, 4.69) is 51.1 Å². The van der Waals surface area contributed by atoms with Gasteiger partial charge < -0.3 is 0 Å². The van der Waals surface area contributed by atoms with Crippen molar-refractivity contribution in [3.63, 3.8) is 0 Å². The fraction of sp³-hybridized carbons (Fsp3) is 0.217. The summed E-state index contributed by atoms with van der Waals surface area (Å²) >= 11 is 0. The van der Waals surface area contributed by atoms with Gasteiger partial charge in [0.15, 0.2) is 0 Å². The molecule has 0 heterocycles. The molecule has 0 fully saturated rings. The molecule has 0 aliphatic rings. The van der Waals surface area contributed by atoms with Gasteiger partial charge in [0, 0.05) is 5.56 Å². The zero-order valence-electron chi connectivity index (χ0n) is 14.6. The summed E-state index contributed by atoms with van der Waals surface area (Å²) in [6.45, 7) is 6.34. The van der Waals surface area contributed by atoms with Crippen LogP contribution in [0.3, 0.4) is 0 Å². The van der Waals surface area contributed by atoms with Gasteiger partial charge in [0.25, 0.3) is 0 Å². The molecule has 0 N–H and O–H groups in total. The molecule has 0 aromatic heterocycles. The van der Waals surface area contributed by atoms with E-state index in [9.17, 15) is 4.39 Å². The van der Waals surface area contributed by atoms with E-state index in [1.807, 2.05) is 24.3 Å². The monoisotopic (exact) mass is 318 g/mol. The highest BCUT2D eigenvalue weighted by Crippen LogP contribution is 2.29. The highest BCUT2D eigenvalue weighted by atomic mass is 19.1. The summed E-state index contributed by atoms with van der Waals surface area (Å²) in [4.78, 5) is 0. The van der Waals surface area contributed by atoms with Crippen molar-refractivity contribution < 1.29 is 4.39 Å². The molecule has 0 spiro atoms. The minimum Gasteiger partial charge on any atom is -0.206 e. The van der Waals surface area contributed by atoms with Gasteiger partial charge in [-0.2, -0.15) is 0 Å². The topological polar surface area (TPSA) is 0 Å². The van der Waals surface area contributed by atoms with Crippen LogP contribution in [0.1, 0.15) is 30.0 Å². The molecule has 0 amide bonds. The van der Waals surface area contributed by atoms with Crippen LogP contribution in [-0.4, -0.2) is 0 Å². The summed E-state index contributed by atoms with van der Waals surface area (Å²) in [6.07, 6.45) is 2.19. The lowest BCUT2D eigenvalue weighted by atomic mass is 9.96. The molecular weight excluding hydrogens is 295 g/mol. The van der Waals surface area contributed by atoms with Gasteiger partial charge in [0.05, 0.1) is 0 Å². The molecule has 0 radical (unpaired) electrons. The molecule has 3 aromatic carbocycles. The molecule has 0 saturated carbocycles. The van der Waals surface area contributed by atoms with Gasteiger partial charge in [-0.15, -0.1) is 0 Å². The highest BCUT2D eigenvalue weighted by Gasteiger charge is 2.08. The van der Waals surface area contributed by atoms with Crippen molar-refractivity contribution in [2.45, 2.75) is 33.6 Å². The summed E-state index contributed by atoms with van der Waals surface area (Å²) in [5.41, 5.74) is 7.34. The number of hydrogen-bond donors (Lipinski definition) is 0. The Morgan fingerprint density at radius 3 is 1.96 bits per heavy atom. The van der Waals surface area contributed by atoms with Gasteiger partial charge in [0.2, 0.25) is 0 Å². The Balaban J connectivity index is 1.93. The molecule has 0 nitrogen and oxygen atoms in total. The normalized spacial score (nSPS) is 10.8. The number of benzene rings is 3. The second-order valence-electron chi connectivity index (χ2n) is 6.44. The predicted molar refractivity (Wildman–Crippen MR) is 101 cm³/mol. The fourth-order valence-electron chi connectivity index (χ4n) is 2.99. The summed E-state index contributed by atoms with van der Waals surface area (Å²) in [5.74, 6) is -0.172. The summed E-state index contributed by atoms with van der Waals surface area (Å²) < 4.78 is 14.6. The Kier molecular flexibility index (Phi) is 4.80. The number of halogens is 1. The summed E-state index contributed by atoms with van der Waals surface area (Å²) in [7, 11) is 0. The van der Waals surface area contributed by atoms with E-state index < -0.39 is 0 Å². The summed E-state index contributed by atoms with van der Waals surface area (Å²) in [5, 5.41) is 0. The molecule has 3 rings (SSSR count). The Morgan fingerprint density at radius 2 is 1.33 bits per heavy atom. The number of aryl methyl sites for hydroxylation is 3. The van der Waals surface area contributed by atoms with Gasteiger partial charge >= 0.3 is 0 Å². The maximum Gasteiger partial charge on any atom is 0.131 e. The first-order valence-electron chi connectivity index (χ1n) is 8.55. The first kappa shape index (κ1) is 16.4. The molecule has 24 heavy (non-hydrogen) atoms. The first-order valence-corrected chi connectivity index (χ1v) is 8.55. The van der Waals surface area contributed by atoms with Gasteiger partial charge in [-0.1, -0.05) is 67.9 Å². The third kappa shape index (κ3) is 3.41. The quantitative estimate of drug-likeness (QED) is 0.500. The van der Waals surface area contributed by atoms with Crippen LogP contribution in [0.15, 0.2) is 60.7 Å². The van der Waals surface area contributed by atoms with E-state index in [4.69, 9.17) is 0 Å². The Hall–Kier alpha value is -2.41. The van der Waals surface area contributed by atoms with E-state index in [1.165, 1.54) is 16.7 Å². The maximum absolute atomic E-state index is 14.6. The third-order valence-corrected chi connectivity index (χ3v) is 4.61. The van der Waals surface area contributed by atoms with Gasteiger partial charge in [-0.25, -0.2) is 4.39 Å². The smallest absolute Gasteiger partial charge is 0.131 e. The van der Waals surface area contributed by atoms with Crippen LogP contribution in [0.25, 0.3) is 22.3 Å². The molecule has 0 bridgehead atoms. The van der Waals surface area contributed by atoms with Crippen molar-refractivity contribution >= 4 is 0 Å². The second-order valence-corrected chi connectivity index (χ2v) is 6.44. The average Bonchev–Trinajstić information content (AvgIpc) is 2.58. The van der Waals surface area contributed by atoms with Crippen LogP contribution in [0.4, 0.5) is 4.39 Å². The SMILES string of the molecule is CCCc1ccc(-c2ccc(-c3ccc(C)c(C)c3)cc2F)cc1. The van der Waals surface area contributed by atoms with Crippen LogP contribution < -0.4 is 0 Å². The zero-order chi connectivity index (χ0) is 17.1. The molecule has 0 unspecified atom stereocenters. The van der Waals surface area contributed by atoms with Crippen molar-refractivity contribution in [1.29, 1.82) is 0 Å². The van der Waals surface area contributed by atoms with Gasteiger partial charge in [-0.05, 0) is 59.7 Å². The highest BCUT2D eigenvalue weighted by molar-refractivity contribution is 5.71. The van der Waals surface area contributed by atoms with Crippen LogP contribution in [0.2, 0.25) is 0 Å². The molecule has 1 heteroatoms. The average molecular weight is 318 g/mol. The lowest BCUT2D eigenvalue weighted by Gasteiger charge is -2.09. The predicted octanol–water partition coefficient (Wildman–Crippen LogP) is 6.73. The standard InChI is InChI=1S/C23H23F/c1-4-5-18-7-10-19(11-8-18)22-13-12-21(15-23(22)24)20-9-6-16(2)17(3)14-20/h6-15H,4-5H2,1-3H3. The van der Waals surface area contributed by atoms with Crippen LogP contribution in [0, 0.1) is 19.7 Å². The molecule has 0 atom stereocenters. The molecule has 3 aromatic rings. The minimum atomic E-state index is -0.172. The third-order valence-electron chi connectivity index (χ3n) is 4.61. The van der Waals surface area contributed by atoms with E-state index >= 15 is 0 Å². The summed E-state index contributed by atoms with van der Waals surface area (Å²) in [6, 6.07) is 20.0. The van der Waals surface area contributed by atoms with Gasteiger partial charge in [-0.3, -0.25) is 0 Å². The van der Waals surface area contributed by atoms with Crippen molar-refractivity contribution in [3.8, 4) is 22.3 Å². The molecule has 0 aliphatic heterocycles. The molecule has 122 valence electrons. The fourth-order valence-corrected chi connectivity index (χ4v) is 2.99. The van der Waals surface area contributed by atoms with Crippen molar-refractivity contribution in [2.75, 3.05) is 0 Å². The van der Waals surface area contributed by atoms with Crippen LogP contribution in [0.5, 0.6) is 0 Å². The van der Waals surface area contributed by atoms with E-state index in [1.54, 1.807) is 6.07 Å². The Bertz CT molecular complexity index is 844. The van der Waals surface area contributed by atoms with Crippen LogP contribution in [-0.2, 0) is 6.42 Å². The molecular formula is C23H23F. The first-order chi connectivity index (χ1) is 11.6. The lowest BCUT2D eigenvalue weighted by Crippen LogP contribution is -1.89. The van der Waals surface area contributed by atoms with Crippen molar-refractivity contribution in [2.24, 2.45) is 0 Å². The number of hydrogen-bond acceptors (Lipinski definition) is 0. The van der Waals surface area contributed by atoms with E-state index in [0.29, 0.717) is 5.56 Å². The Labute approximate surface area is 144 Å². The lowest BCUT2D eigenvalue weighted by molar-refractivity contribution is 0.632.